The SMILES string of the molecule is Cc1nc(C)c2nc(-c3cncc(F)c3)n(Cc3cnn(CC4CCNCC4)c3)c2n1. The molecule has 0 spiro atoms. The molecule has 9 heteroatoms. The van der Waals surface area contributed by atoms with E-state index in [9.17, 15) is 4.39 Å². The quantitative estimate of drug-likeness (QED) is 0.534. The Hall–Kier alpha value is -3.20. The molecule has 1 saturated heterocycles. The summed E-state index contributed by atoms with van der Waals surface area (Å²) in [6, 6.07) is 1.45. The minimum atomic E-state index is -0.398. The monoisotopic (exact) mass is 420 g/mol. The van der Waals surface area contributed by atoms with Gasteiger partial charge in [-0.25, -0.2) is 19.3 Å². The first-order chi connectivity index (χ1) is 15.1. The molecule has 1 aliphatic rings. The molecule has 8 nitrogen and oxygen atoms in total. The fourth-order valence-electron chi connectivity index (χ4n) is 4.28. The van der Waals surface area contributed by atoms with Gasteiger partial charge in [-0.3, -0.25) is 9.67 Å². The van der Waals surface area contributed by atoms with Crippen molar-refractivity contribution in [2.24, 2.45) is 5.92 Å². The predicted octanol–water partition coefficient (Wildman–Crippen LogP) is 2.89. The van der Waals surface area contributed by atoms with E-state index in [2.05, 4.69) is 31.6 Å². The number of nitrogens with one attached hydrogen (secondary N) is 1. The zero-order valence-electron chi connectivity index (χ0n) is 17.7. The number of rotatable bonds is 5. The number of nitrogens with zero attached hydrogens (tertiary/aromatic N) is 7. The molecule has 0 unspecified atom stereocenters. The Labute approximate surface area is 179 Å². The average molecular weight is 420 g/mol. The highest BCUT2D eigenvalue weighted by Gasteiger charge is 2.19. The largest absolute Gasteiger partial charge is 0.317 e. The summed E-state index contributed by atoms with van der Waals surface area (Å²) < 4.78 is 17.9. The molecule has 5 rings (SSSR count). The molecule has 4 aromatic heterocycles. The zero-order valence-corrected chi connectivity index (χ0v) is 17.7. The lowest BCUT2D eigenvalue weighted by Gasteiger charge is -2.22. The summed E-state index contributed by atoms with van der Waals surface area (Å²) >= 11 is 0. The molecule has 4 aromatic rings. The average Bonchev–Trinajstić information content (AvgIpc) is 3.34. The third-order valence-corrected chi connectivity index (χ3v) is 5.78. The van der Waals surface area contributed by atoms with Crippen LogP contribution in [0.2, 0.25) is 0 Å². The standard InChI is InChI=1S/C22H25FN8/c1-14-20-22(28-15(2)27-14)31(21(29-20)18-7-19(23)10-25-9-18)13-17-8-26-30(12-17)11-16-3-5-24-6-4-16/h7-10,12,16,24H,3-6,11,13H2,1-2H3. The minimum Gasteiger partial charge on any atom is -0.317 e. The van der Waals surface area contributed by atoms with Gasteiger partial charge in [-0.1, -0.05) is 0 Å². The van der Waals surface area contributed by atoms with Gasteiger partial charge in [0, 0.05) is 30.1 Å². The first kappa shape index (κ1) is 19.7. The smallest absolute Gasteiger partial charge is 0.164 e. The minimum absolute atomic E-state index is 0.398. The fourth-order valence-corrected chi connectivity index (χ4v) is 4.28. The van der Waals surface area contributed by atoms with Gasteiger partial charge in [0.15, 0.2) is 5.65 Å². The maximum absolute atomic E-state index is 13.9. The first-order valence-electron chi connectivity index (χ1n) is 10.6. The number of piperidine rings is 1. The van der Waals surface area contributed by atoms with Gasteiger partial charge in [0.05, 0.1) is 24.6 Å². The van der Waals surface area contributed by atoms with Gasteiger partial charge >= 0.3 is 0 Å². The van der Waals surface area contributed by atoms with E-state index in [1.54, 1.807) is 6.20 Å². The lowest BCUT2D eigenvalue weighted by atomic mass is 9.98. The second-order valence-corrected chi connectivity index (χ2v) is 8.21. The molecule has 0 atom stereocenters. The number of halogens is 1. The van der Waals surface area contributed by atoms with Crippen LogP contribution in [0.5, 0.6) is 0 Å². The molecule has 1 fully saturated rings. The molecule has 0 amide bonds. The first-order valence-corrected chi connectivity index (χ1v) is 10.6. The Morgan fingerprint density at radius 2 is 1.94 bits per heavy atom. The highest BCUT2D eigenvalue weighted by atomic mass is 19.1. The van der Waals surface area contributed by atoms with Gasteiger partial charge in [-0.2, -0.15) is 5.10 Å². The molecule has 5 heterocycles. The van der Waals surface area contributed by atoms with Crippen LogP contribution in [0.15, 0.2) is 30.9 Å². The molecule has 0 bridgehead atoms. The van der Waals surface area contributed by atoms with Crippen molar-refractivity contribution in [1.82, 2.24) is 39.6 Å². The van der Waals surface area contributed by atoms with Gasteiger partial charge in [0.25, 0.3) is 0 Å². The zero-order chi connectivity index (χ0) is 21.4. The van der Waals surface area contributed by atoms with Crippen LogP contribution in [0, 0.1) is 25.6 Å². The summed E-state index contributed by atoms with van der Waals surface area (Å²) in [6.07, 6.45) is 9.14. The van der Waals surface area contributed by atoms with E-state index in [-0.39, 0.29) is 0 Å². The molecule has 160 valence electrons. The highest BCUT2D eigenvalue weighted by molar-refractivity contribution is 5.79. The van der Waals surface area contributed by atoms with Crippen LogP contribution in [0.1, 0.15) is 29.9 Å². The summed E-state index contributed by atoms with van der Waals surface area (Å²) in [7, 11) is 0. The van der Waals surface area contributed by atoms with Crippen LogP contribution in [-0.2, 0) is 13.1 Å². The van der Waals surface area contributed by atoms with Crippen molar-refractivity contribution in [3.05, 3.63) is 53.8 Å². The van der Waals surface area contributed by atoms with E-state index in [4.69, 9.17) is 4.98 Å². The second-order valence-electron chi connectivity index (χ2n) is 8.21. The second kappa shape index (κ2) is 8.14. The van der Waals surface area contributed by atoms with E-state index in [0.29, 0.717) is 35.2 Å². The summed E-state index contributed by atoms with van der Waals surface area (Å²) in [5.74, 6) is 1.55. The molecule has 0 radical (unpaired) electrons. The van der Waals surface area contributed by atoms with Crippen LogP contribution < -0.4 is 5.32 Å². The normalized spacial score (nSPS) is 15.1. The van der Waals surface area contributed by atoms with Gasteiger partial charge in [0.1, 0.15) is 23.0 Å². The van der Waals surface area contributed by atoms with Crippen molar-refractivity contribution in [2.45, 2.75) is 39.8 Å². The molecular formula is C22H25FN8. The molecule has 1 aliphatic heterocycles. The number of fused-ring (bicyclic) bond motifs is 1. The summed E-state index contributed by atoms with van der Waals surface area (Å²) in [6.45, 7) is 7.38. The van der Waals surface area contributed by atoms with Gasteiger partial charge in [0.2, 0.25) is 0 Å². The molecule has 0 aliphatic carbocycles. The number of aromatic nitrogens is 7. The van der Waals surface area contributed by atoms with E-state index < -0.39 is 5.82 Å². The summed E-state index contributed by atoms with van der Waals surface area (Å²) in [5.41, 5.74) is 3.90. The third kappa shape index (κ3) is 4.05. The van der Waals surface area contributed by atoms with Crippen molar-refractivity contribution in [2.75, 3.05) is 13.1 Å². The highest BCUT2D eigenvalue weighted by Crippen LogP contribution is 2.26. The van der Waals surface area contributed by atoms with Crippen molar-refractivity contribution >= 4 is 11.2 Å². The predicted molar refractivity (Wildman–Crippen MR) is 115 cm³/mol. The Balaban J connectivity index is 1.52. The molecule has 0 saturated carbocycles. The number of pyridine rings is 1. The van der Waals surface area contributed by atoms with E-state index >= 15 is 0 Å². The van der Waals surface area contributed by atoms with Gasteiger partial charge in [-0.05, 0) is 51.8 Å². The molecule has 1 N–H and O–H groups in total. The number of imidazole rings is 1. The lowest BCUT2D eigenvalue weighted by molar-refractivity contribution is 0.321. The van der Waals surface area contributed by atoms with Crippen LogP contribution >= 0.6 is 0 Å². The third-order valence-electron chi connectivity index (χ3n) is 5.78. The van der Waals surface area contributed by atoms with Crippen LogP contribution in [-0.4, -0.2) is 47.4 Å². The van der Waals surface area contributed by atoms with E-state index in [1.165, 1.54) is 25.1 Å². The van der Waals surface area contributed by atoms with Crippen molar-refractivity contribution in [3.63, 3.8) is 0 Å². The molecule has 31 heavy (non-hydrogen) atoms. The Bertz CT molecular complexity index is 1220. The van der Waals surface area contributed by atoms with Crippen LogP contribution in [0.4, 0.5) is 4.39 Å². The molecule has 0 aromatic carbocycles. The van der Waals surface area contributed by atoms with Gasteiger partial charge in [-0.15, -0.1) is 0 Å². The van der Waals surface area contributed by atoms with E-state index in [0.717, 1.165) is 36.5 Å². The number of hydrogen-bond acceptors (Lipinski definition) is 6. The maximum atomic E-state index is 13.9. The number of hydrogen-bond donors (Lipinski definition) is 1. The molecular weight excluding hydrogens is 395 g/mol. The summed E-state index contributed by atoms with van der Waals surface area (Å²) in [4.78, 5) is 17.8. The van der Waals surface area contributed by atoms with Crippen LogP contribution in [0.3, 0.4) is 0 Å². The lowest BCUT2D eigenvalue weighted by Crippen LogP contribution is -2.29. The van der Waals surface area contributed by atoms with Gasteiger partial charge < -0.3 is 9.88 Å². The van der Waals surface area contributed by atoms with Crippen molar-refractivity contribution in [1.29, 1.82) is 0 Å². The Morgan fingerprint density at radius 3 is 2.74 bits per heavy atom. The topological polar surface area (TPSA) is 86.3 Å². The maximum Gasteiger partial charge on any atom is 0.164 e. The van der Waals surface area contributed by atoms with E-state index in [1.807, 2.05) is 29.3 Å². The van der Waals surface area contributed by atoms with Crippen molar-refractivity contribution < 1.29 is 4.39 Å². The summed E-state index contributed by atoms with van der Waals surface area (Å²) in [5, 5.41) is 7.98. The van der Waals surface area contributed by atoms with Crippen LogP contribution in [0.25, 0.3) is 22.6 Å². The Kier molecular flexibility index (Phi) is 5.19. The Morgan fingerprint density at radius 1 is 1.10 bits per heavy atom. The van der Waals surface area contributed by atoms with Crippen molar-refractivity contribution in [3.8, 4) is 11.4 Å². The number of aryl methyl sites for hydroxylation is 2. The fraction of sp³-hybridized carbons (Fsp3) is 0.409.